The van der Waals surface area contributed by atoms with Gasteiger partial charge in [-0.2, -0.15) is 0 Å². The second-order valence-corrected chi connectivity index (χ2v) is 6.33. The topological polar surface area (TPSA) is 93.5 Å². The summed E-state index contributed by atoms with van der Waals surface area (Å²) in [6.07, 6.45) is 0. The number of ether oxygens (including phenoxy) is 1. The third-order valence-electron chi connectivity index (χ3n) is 3.81. The monoisotopic (exact) mass is 355 g/mol. The Bertz CT molecular complexity index is 732. The molecule has 0 radical (unpaired) electrons. The first-order valence-corrected chi connectivity index (χ1v) is 8.57. The summed E-state index contributed by atoms with van der Waals surface area (Å²) in [6, 6.07) is 16.3. The molecular weight excluding hydrogens is 330 g/mol. The first-order valence-electron chi connectivity index (χ1n) is 8.57. The summed E-state index contributed by atoms with van der Waals surface area (Å²) in [5.74, 6) is 0.861. The van der Waals surface area contributed by atoms with Crippen LogP contribution in [0.4, 0.5) is 0 Å². The molecule has 6 nitrogen and oxygen atoms in total. The van der Waals surface area contributed by atoms with E-state index in [4.69, 9.17) is 10.5 Å². The lowest BCUT2D eigenvalue weighted by Crippen LogP contribution is -2.47. The van der Waals surface area contributed by atoms with Crippen molar-refractivity contribution in [1.29, 1.82) is 0 Å². The van der Waals surface area contributed by atoms with E-state index in [1.165, 1.54) is 0 Å². The maximum Gasteiger partial charge on any atom is 0.239 e. The van der Waals surface area contributed by atoms with E-state index in [0.717, 1.165) is 11.3 Å². The van der Waals surface area contributed by atoms with Gasteiger partial charge in [-0.3, -0.25) is 9.59 Å². The summed E-state index contributed by atoms with van der Waals surface area (Å²) in [6.45, 7) is 3.96. The number of carbonyl (C=O) groups is 2. The van der Waals surface area contributed by atoms with E-state index in [2.05, 4.69) is 10.6 Å². The molecule has 0 unspecified atom stereocenters. The zero-order valence-corrected chi connectivity index (χ0v) is 15.1. The number of rotatable bonds is 8. The van der Waals surface area contributed by atoms with Gasteiger partial charge >= 0.3 is 0 Å². The van der Waals surface area contributed by atoms with Crippen molar-refractivity contribution in [3.05, 3.63) is 60.2 Å². The molecule has 26 heavy (non-hydrogen) atoms. The van der Waals surface area contributed by atoms with Crippen LogP contribution in [0, 0.1) is 5.92 Å². The van der Waals surface area contributed by atoms with E-state index in [-0.39, 0.29) is 24.3 Å². The smallest absolute Gasteiger partial charge is 0.239 e. The summed E-state index contributed by atoms with van der Waals surface area (Å²) in [7, 11) is 0. The van der Waals surface area contributed by atoms with Gasteiger partial charge < -0.3 is 21.1 Å². The molecule has 2 rings (SSSR count). The van der Waals surface area contributed by atoms with Gasteiger partial charge in [-0.1, -0.05) is 44.2 Å². The van der Waals surface area contributed by atoms with Gasteiger partial charge in [-0.15, -0.1) is 0 Å². The predicted octanol–water partition coefficient (Wildman–Crippen LogP) is 2.19. The molecule has 2 amide bonds. The van der Waals surface area contributed by atoms with Gasteiger partial charge in [-0.05, 0) is 35.7 Å². The molecule has 2 aromatic rings. The summed E-state index contributed by atoms with van der Waals surface area (Å²) in [5.41, 5.74) is 6.63. The van der Waals surface area contributed by atoms with Crippen molar-refractivity contribution >= 4 is 11.8 Å². The van der Waals surface area contributed by atoms with Crippen LogP contribution in [-0.2, 0) is 16.1 Å². The average molecular weight is 355 g/mol. The third kappa shape index (κ3) is 6.22. The number of hydrogen-bond acceptors (Lipinski definition) is 4. The summed E-state index contributed by atoms with van der Waals surface area (Å²) in [5, 5.41) is 5.31. The molecular formula is C20H25N3O3. The highest BCUT2D eigenvalue weighted by atomic mass is 16.5. The van der Waals surface area contributed by atoms with Gasteiger partial charge in [-0.25, -0.2) is 0 Å². The fourth-order valence-corrected chi connectivity index (χ4v) is 2.19. The van der Waals surface area contributed by atoms with Crippen LogP contribution >= 0.6 is 0 Å². The molecule has 0 aliphatic rings. The molecule has 0 fully saturated rings. The number of nitrogens with two attached hydrogens (primary N) is 1. The molecule has 6 heteroatoms. The van der Waals surface area contributed by atoms with Gasteiger partial charge in [0.05, 0.1) is 12.6 Å². The number of amides is 2. The van der Waals surface area contributed by atoms with Crippen LogP contribution in [0.1, 0.15) is 19.4 Å². The Balaban J connectivity index is 1.81. The predicted molar refractivity (Wildman–Crippen MR) is 101 cm³/mol. The van der Waals surface area contributed by atoms with Gasteiger partial charge in [0.1, 0.15) is 11.5 Å². The first kappa shape index (κ1) is 19.5. The number of para-hydroxylation sites is 1. The van der Waals surface area contributed by atoms with E-state index in [0.29, 0.717) is 12.3 Å². The Morgan fingerprint density at radius 2 is 1.69 bits per heavy atom. The van der Waals surface area contributed by atoms with Crippen LogP contribution in [0.2, 0.25) is 0 Å². The van der Waals surface area contributed by atoms with Gasteiger partial charge in [0.2, 0.25) is 11.8 Å². The minimum absolute atomic E-state index is 0.0189. The highest BCUT2D eigenvalue weighted by Gasteiger charge is 2.17. The van der Waals surface area contributed by atoms with Crippen LogP contribution in [0.15, 0.2) is 54.6 Å². The van der Waals surface area contributed by atoms with E-state index in [1.54, 1.807) is 0 Å². The Labute approximate surface area is 153 Å². The zero-order chi connectivity index (χ0) is 18.9. The van der Waals surface area contributed by atoms with E-state index >= 15 is 0 Å². The minimum Gasteiger partial charge on any atom is -0.457 e. The molecule has 138 valence electrons. The molecule has 4 N–H and O–H groups in total. The number of hydrogen-bond donors (Lipinski definition) is 3. The molecule has 0 aliphatic heterocycles. The van der Waals surface area contributed by atoms with Crippen molar-refractivity contribution in [2.24, 2.45) is 11.7 Å². The molecule has 1 atom stereocenters. The normalized spacial score (nSPS) is 11.7. The standard InChI is InChI=1S/C20H25N3O3/c1-14(2)19(21)20(25)23-13-18(24)22-12-15-7-6-10-17(11-15)26-16-8-4-3-5-9-16/h3-11,14,19H,12-13,21H2,1-2H3,(H,22,24)(H,23,25)/t19-/m0/s1. The van der Waals surface area contributed by atoms with Crippen LogP contribution in [-0.4, -0.2) is 24.4 Å². The van der Waals surface area contributed by atoms with Crippen molar-refractivity contribution < 1.29 is 14.3 Å². The first-order chi connectivity index (χ1) is 12.5. The summed E-state index contributed by atoms with van der Waals surface area (Å²) in [4.78, 5) is 23.6. The van der Waals surface area contributed by atoms with E-state index in [9.17, 15) is 9.59 Å². The third-order valence-corrected chi connectivity index (χ3v) is 3.81. The lowest BCUT2D eigenvalue weighted by atomic mass is 10.1. The van der Waals surface area contributed by atoms with E-state index in [1.807, 2.05) is 68.4 Å². The van der Waals surface area contributed by atoms with Crippen molar-refractivity contribution in [2.75, 3.05) is 6.54 Å². The molecule has 0 saturated carbocycles. The second kappa shape index (κ2) is 9.58. The van der Waals surface area contributed by atoms with Crippen molar-refractivity contribution in [2.45, 2.75) is 26.4 Å². The molecule has 2 aromatic carbocycles. The largest absolute Gasteiger partial charge is 0.457 e. The van der Waals surface area contributed by atoms with Crippen molar-refractivity contribution in [3.63, 3.8) is 0 Å². The molecule has 0 aliphatic carbocycles. The lowest BCUT2D eigenvalue weighted by molar-refractivity contribution is -0.127. The van der Waals surface area contributed by atoms with Crippen molar-refractivity contribution in [3.8, 4) is 11.5 Å². The fraction of sp³-hybridized carbons (Fsp3) is 0.300. The number of nitrogens with one attached hydrogen (secondary N) is 2. The highest BCUT2D eigenvalue weighted by Crippen LogP contribution is 2.21. The van der Waals surface area contributed by atoms with Crippen LogP contribution in [0.3, 0.4) is 0 Å². The Morgan fingerprint density at radius 3 is 2.38 bits per heavy atom. The van der Waals surface area contributed by atoms with E-state index < -0.39 is 6.04 Å². The average Bonchev–Trinajstić information content (AvgIpc) is 2.64. The minimum atomic E-state index is -0.616. The summed E-state index contributed by atoms with van der Waals surface area (Å²) < 4.78 is 5.77. The fourth-order valence-electron chi connectivity index (χ4n) is 2.19. The highest BCUT2D eigenvalue weighted by molar-refractivity contribution is 5.87. The molecule has 0 spiro atoms. The second-order valence-electron chi connectivity index (χ2n) is 6.33. The lowest BCUT2D eigenvalue weighted by Gasteiger charge is -2.15. The Kier molecular flexibility index (Phi) is 7.17. The zero-order valence-electron chi connectivity index (χ0n) is 15.1. The SMILES string of the molecule is CC(C)[C@H](N)C(=O)NCC(=O)NCc1cccc(Oc2ccccc2)c1. The van der Waals surface area contributed by atoms with Crippen LogP contribution in [0.25, 0.3) is 0 Å². The summed E-state index contributed by atoms with van der Waals surface area (Å²) >= 11 is 0. The van der Waals surface area contributed by atoms with Gasteiger partial charge in [0.25, 0.3) is 0 Å². The number of carbonyl (C=O) groups excluding carboxylic acids is 2. The maximum atomic E-state index is 11.9. The van der Waals surface area contributed by atoms with Crippen molar-refractivity contribution in [1.82, 2.24) is 10.6 Å². The van der Waals surface area contributed by atoms with Crippen LogP contribution in [0.5, 0.6) is 11.5 Å². The number of benzene rings is 2. The van der Waals surface area contributed by atoms with Gasteiger partial charge in [0.15, 0.2) is 0 Å². The Hall–Kier alpha value is -2.86. The quantitative estimate of drug-likeness (QED) is 0.677. The molecule has 0 heterocycles. The molecule has 0 bridgehead atoms. The molecule has 0 aromatic heterocycles. The van der Waals surface area contributed by atoms with Gasteiger partial charge in [0, 0.05) is 6.54 Å². The molecule has 0 saturated heterocycles. The Morgan fingerprint density at radius 1 is 1.00 bits per heavy atom. The van der Waals surface area contributed by atoms with Crippen LogP contribution < -0.4 is 21.1 Å². The maximum absolute atomic E-state index is 11.9.